The number of anilines is 1. The molecule has 1 N–H and O–H groups in total. The number of hydrogen-bond donors (Lipinski definition) is 1. The Labute approximate surface area is 159 Å². The Morgan fingerprint density at radius 3 is 2.85 bits per heavy atom. The average Bonchev–Trinajstić information content (AvgIpc) is 3.13. The number of hydrogen-bond acceptors (Lipinski definition) is 7. The topological polar surface area (TPSA) is 97.7 Å². The lowest BCUT2D eigenvalue weighted by Crippen LogP contribution is -2.29. The van der Waals surface area contributed by atoms with E-state index in [-0.39, 0.29) is 0 Å². The fourth-order valence-corrected chi connectivity index (χ4v) is 3.04. The van der Waals surface area contributed by atoms with E-state index in [1.807, 2.05) is 6.07 Å². The summed E-state index contributed by atoms with van der Waals surface area (Å²) in [7, 11) is 0. The predicted molar refractivity (Wildman–Crippen MR) is 99.7 cm³/mol. The van der Waals surface area contributed by atoms with Crippen molar-refractivity contribution in [1.29, 1.82) is 5.26 Å². The van der Waals surface area contributed by atoms with Crippen LogP contribution in [0.1, 0.15) is 18.1 Å². The van der Waals surface area contributed by atoms with Crippen molar-refractivity contribution >= 4 is 34.3 Å². The fraction of sp³-hybridized carbons (Fsp3) is 0.211. The maximum Gasteiger partial charge on any atom is 0.331 e. The van der Waals surface area contributed by atoms with Crippen LogP contribution in [0.3, 0.4) is 0 Å². The number of fused-ring (bicyclic) bond motifs is 1. The number of nitriles is 1. The molecule has 1 aliphatic rings. The van der Waals surface area contributed by atoms with Crippen LogP contribution in [-0.2, 0) is 14.3 Å². The quantitative estimate of drug-likeness (QED) is 0.629. The molecule has 2 heterocycles. The van der Waals surface area contributed by atoms with Crippen molar-refractivity contribution < 1.29 is 23.8 Å². The molecule has 138 valence electrons. The molecule has 0 saturated carbocycles. The van der Waals surface area contributed by atoms with Gasteiger partial charge in [0.15, 0.2) is 17.6 Å². The zero-order valence-corrected chi connectivity index (χ0v) is 15.2. The highest BCUT2D eigenvalue weighted by Gasteiger charge is 2.18. The van der Waals surface area contributed by atoms with Gasteiger partial charge in [0, 0.05) is 6.08 Å². The molecule has 1 atom stereocenters. The van der Waals surface area contributed by atoms with E-state index >= 15 is 0 Å². The minimum absolute atomic E-state index is 0.366. The van der Waals surface area contributed by atoms with Gasteiger partial charge in [0.2, 0.25) is 0 Å². The van der Waals surface area contributed by atoms with Crippen molar-refractivity contribution in [2.24, 2.45) is 0 Å². The summed E-state index contributed by atoms with van der Waals surface area (Å²) in [5.74, 6) is 0.125. The molecule has 27 heavy (non-hydrogen) atoms. The summed E-state index contributed by atoms with van der Waals surface area (Å²) in [6.07, 6.45) is 1.80. The van der Waals surface area contributed by atoms with E-state index in [1.54, 1.807) is 35.7 Å². The summed E-state index contributed by atoms with van der Waals surface area (Å²) < 4.78 is 16.0. The van der Waals surface area contributed by atoms with Gasteiger partial charge in [-0.15, -0.1) is 11.3 Å². The number of esters is 1. The van der Waals surface area contributed by atoms with Gasteiger partial charge in [0.25, 0.3) is 5.91 Å². The summed E-state index contributed by atoms with van der Waals surface area (Å²) in [6, 6.07) is 8.89. The van der Waals surface area contributed by atoms with Gasteiger partial charge >= 0.3 is 5.97 Å². The van der Waals surface area contributed by atoms with Crippen molar-refractivity contribution in [3.05, 3.63) is 46.8 Å². The second-order valence-corrected chi connectivity index (χ2v) is 6.50. The second-order valence-electron chi connectivity index (χ2n) is 5.58. The molecular weight excluding hydrogens is 368 g/mol. The molecule has 1 aromatic heterocycles. The largest absolute Gasteiger partial charge is 0.486 e. The first-order valence-electron chi connectivity index (χ1n) is 8.13. The number of benzene rings is 1. The minimum atomic E-state index is -1.00. The number of carbonyl (C=O) groups excluding carboxylic acids is 2. The zero-order chi connectivity index (χ0) is 19.2. The Bertz CT molecular complexity index is 928. The standard InChI is InChI=1S/C19H16N2O5S/c1-12(18(23)21-19-14(11-20)6-9-27-19)26-17(22)5-3-13-2-4-15-16(10-13)25-8-7-24-15/h2-6,9-10,12H,7-8H2,1H3,(H,21,23)/b5-3+/t12-/m0/s1. The van der Waals surface area contributed by atoms with Crippen LogP contribution < -0.4 is 14.8 Å². The molecule has 0 bridgehead atoms. The molecule has 2 aromatic rings. The molecular formula is C19H16N2O5S. The van der Waals surface area contributed by atoms with Crippen molar-refractivity contribution in [3.63, 3.8) is 0 Å². The molecule has 0 unspecified atom stereocenters. The maximum atomic E-state index is 12.1. The van der Waals surface area contributed by atoms with E-state index in [9.17, 15) is 9.59 Å². The van der Waals surface area contributed by atoms with Crippen LogP contribution >= 0.6 is 11.3 Å². The van der Waals surface area contributed by atoms with E-state index < -0.39 is 18.0 Å². The Morgan fingerprint density at radius 2 is 2.07 bits per heavy atom. The van der Waals surface area contributed by atoms with Crippen molar-refractivity contribution in [2.45, 2.75) is 13.0 Å². The summed E-state index contributed by atoms with van der Waals surface area (Å²) in [6.45, 7) is 2.45. The van der Waals surface area contributed by atoms with Crippen molar-refractivity contribution in [2.75, 3.05) is 18.5 Å². The van der Waals surface area contributed by atoms with Crippen molar-refractivity contribution in [3.8, 4) is 17.6 Å². The molecule has 0 saturated heterocycles. The number of nitrogens with zero attached hydrogens (tertiary/aromatic N) is 1. The Kier molecular flexibility index (Phi) is 5.74. The summed E-state index contributed by atoms with van der Waals surface area (Å²) >= 11 is 1.23. The third-order valence-corrected chi connectivity index (χ3v) is 4.49. The molecule has 7 nitrogen and oxygen atoms in total. The first-order valence-corrected chi connectivity index (χ1v) is 9.01. The second kappa shape index (κ2) is 8.38. The van der Waals surface area contributed by atoms with Crippen LogP contribution in [0.2, 0.25) is 0 Å². The Morgan fingerprint density at radius 1 is 1.30 bits per heavy atom. The van der Waals surface area contributed by atoms with E-state index in [1.165, 1.54) is 24.3 Å². The number of ether oxygens (including phenoxy) is 3. The van der Waals surface area contributed by atoms with Crippen LogP contribution in [0, 0.1) is 11.3 Å². The van der Waals surface area contributed by atoms with Gasteiger partial charge < -0.3 is 19.5 Å². The highest BCUT2D eigenvalue weighted by atomic mass is 32.1. The lowest BCUT2D eigenvalue weighted by molar-refractivity contribution is -0.148. The zero-order valence-electron chi connectivity index (χ0n) is 14.4. The molecule has 3 rings (SSSR count). The van der Waals surface area contributed by atoms with Gasteiger partial charge in [-0.3, -0.25) is 4.79 Å². The SMILES string of the molecule is C[C@H](OC(=O)/C=C/c1ccc2c(c1)OCCO2)C(=O)Nc1sccc1C#N. The smallest absolute Gasteiger partial charge is 0.331 e. The molecule has 0 spiro atoms. The molecule has 1 aliphatic heterocycles. The third kappa shape index (κ3) is 4.65. The summed E-state index contributed by atoms with van der Waals surface area (Å²) in [4.78, 5) is 24.1. The number of amides is 1. The van der Waals surface area contributed by atoms with Gasteiger partial charge in [0.1, 0.15) is 24.3 Å². The van der Waals surface area contributed by atoms with Gasteiger partial charge in [-0.05, 0) is 42.1 Å². The Hall–Kier alpha value is -3.31. The van der Waals surface area contributed by atoms with Gasteiger partial charge in [0.05, 0.1) is 5.56 Å². The molecule has 1 aromatic carbocycles. The highest BCUT2D eigenvalue weighted by molar-refractivity contribution is 7.14. The lowest BCUT2D eigenvalue weighted by atomic mass is 10.2. The Balaban J connectivity index is 1.56. The van der Waals surface area contributed by atoms with Crippen LogP contribution in [0.4, 0.5) is 5.00 Å². The van der Waals surface area contributed by atoms with E-state index in [2.05, 4.69) is 5.32 Å². The first-order chi connectivity index (χ1) is 13.1. The minimum Gasteiger partial charge on any atom is -0.486 e. The lowest BCUT2D eigenvalue weighted by Gasteiger charge is -2.18. The predicted octanol–water partition coefficient (Wildman–Crippen LogP) is 2.97. The van der Waals surface area contributed by atoms with E-state index in [0.717, 1.165) is 5.56 Å². The number of nitrogens with one attached hydrogen (secondary N) is 1. The highest BCUT2D eigenvalue weighted by Crippen LogP contribution is 2.31. The van der Waals surface area contributed by atoms with Crippen LogP contribution in [-0.4, -0.2) is 31.2 Å². The van der Waals surface area contributed by atoms with E-state index in [0.29, 0.717) is 35.3 Å². The van der Waals surface area contributed by atoms with Crippen LogP contribution in [0.5, 0.6) is 11.5 Å². The van der Waals surface area contributed by atoms with Crippen LogP contribution in [0.25, 0.3) is 6.08 Å². The first kappa shape index (κ1) is 18.5. The summed E-state index contributed by atoms with van der Waals surface area (Å²) in [5.41, 5.74) is 1.11. The van der Waals surface area contributed by atoms with Crippen LogP contribution in [0.15, 0.2) is 35.7 Å². The molecule has 8 heteroatoms. The van der Waals surface area contributed by atoms with Crippen molar-refractivity contribution in [1.82, 2.24) is 0 Å². The van der Waals surface area contributed by atoms with E-state index in [4.69, 9.17) is 19.5 Å². The number of thiophene rings is 1. The van der Waals surface area contributed by atoms with Gasteiger partial charge in [-0.2, -0.15) is 5.26 Å². The van der Waals surface area contributed by atoms with Gasteiger partial charge in [-0.1, -0.05) is 6.07 Å². The third-order valence-electron chi connectivity index (χ3n) is 3.66. The normalized spacial score (nSPS) is 13.6. The molecule has 0 aliphatic carbocycles. The molecule has 1 amide bonds. The fourth-order valence-electron chi connectivity index (χ4n) is 2.30. The molecule has 0 radical (unpaired) electrons. The van der Waals surface area contributed by atoms with Gasteiger partial charge in [-0.25, -0.2) is 4.79 Å². The average molecular weight is 384 g/mol. The molecule has 0 fully saturated rings. The summed E-state index contributed by atoms with van der Waals surface area (Å²) in [5, 5.41) is 13.7. The number of rotatable bonds is 5. The maximum absolute atomic E-state index is 12.1. The monoisotopic (exact) mass is 384 g/mol. The number of carbonyl (C=O) groups is 2.